The molecule has 4 heteroatoms. The fraction of sp³-hybridized carbons (Fsp3) is 0.150. The van der Waals surface area contributed by atoms with Gasteiger partial charge in [0.05, 0.1) is 0 Å². The second-order valence-corrected chi connectivity index (χ2v) is 6.87. The van der Waals surface area contributed by atoms with Crippen molar-refractivity contribution in [1.82, 2.24) is 0 Å². The molecule has 0 fully saturated rings. The van der Waals surface area contributed by atoms with E-state index in [0.717, 1.165) is 20.3 Å². The predicted molar refractivity (Wildman–Crippen MR) is 97.4 cm³/mol. The molecule has 0 aliphatic rings. The van der Waals surface area contributed by atoms with Crippen LogP contribution >= 0.6 is 15.9 Å². The fourth-order valence-corrected chi connectivity index (χ4v) is 3.31. The van der Waals surface area contributed by atoms with Gasteiger partial charge >= 0.3 is 0 Å². The Morgan fingerprint density at radius 1 is 0.958 bits per heavy atom. The quantitative estimate of drug-likeness (QED) is 0.543. The van der Waals surface area contributed by atoms with E-state index in [-0.39, 0.29) is 0 Å². The monoisotopic (exact) mass is 383 g/mol. The highest BCUT2D eigenvalue weighted by molar-refractivity contribution is 9.10. The summed E-state index contributed by atoms with van der Waals surface area (Å²) in [7, 11) is 0. The van der Waals surface area contributed by atoms with Crippen LogP contribution < -0.4 is 4.73 Å². The van der Waals surface area contributed by atoms with Gasteiger partial charge in [-0.3, -0.25) is 0 Å². The van der Waals surface area contributed by atoms with Crippen molar-refractivity contribution in [3.05, 3.63) is 105 Å². The average Bonchev–Trinajstić information content (AvgIpc) is 2.58. The first kappa shape index (κ1) is 16.7. The minimum absolute atomic E-state index is 0.487. The lowest BCUT2D eigenvalue weighted by atomic mass is 9.76. The van der Waals surface area contributed by atoms with Crippen LogP contribution in [0.2, 0.25) is 0 Å². The summed E-state index contributed by atoms with van der Waals surface area (Å²) in [6, 6.07) is 22.4. The van der Waals surface area contributed by atoms with Gasteiger partial charge in [0, 0.05) is 16.6 Å². The molecule has 0 radical (unpaired) electrons. The van der Waals surface area contributed by atoms with Gasteiger partial charge in [0.25, 0.3) is 0 Å². The topological polar surface area (TPSA) is 47.2 Å². The largest absolute Gasteiger partial charge is 0.618 e. The highest BCUT2D eigenvalue weighted by Crippen LogP contribution is 2.40. The van der Waals surface area contributed by atoms with E-state index in [1.807, 2.05) is 60.7 Å². The van der Waals surface area contributed by atoms with Crippen molar-refractivity contribution in [2.45, 2.75) is 18.4 Å². The lowest BCUT2D eigenvalue weighted by Crippen LogP contribution is -2.40. The van der Waals surface area contributed by atoms with Gasteiger partial charge in [-0.15, -0.1) is 0 Å². The minimum Gasteiger partial charge on any atom is -0.618 e. The van der Waals surface area contributed by atoms with Gasteiger partial charge in [-0.2, -0.15) is 4.73 Å². The highest BCUT2D eigenvalue weighted by Gasteiger charge is 2.40. The molecule has 24 heavy (non-hydrogen) atoms. The van der Waals surface area contributed by atoms with Crippen LogP contribution in [0.15, 0.2) is 83.5 Å². The SMILES string of the molecule is C[C@](O)(c1ccc(Br)cc1)[C@H](c1ccccc1)c1cccc[n+]1[O-]. The summed E-state index contributed by atoms with van der Waals surface area (Å²) in [4.78, 5) is 0. The second-order valence-electron chi connectivity index (χ2n) is 5.95. The molecule has 3 nitrogen and oxygen atoms in total. The molecule has 2 atom stereocenters. The molecule has 0 aliphatic carbocycles. The van der Waals surface area contributed by atoms with Crippen molar-refractivity contribution < 1.29 is 9.84 Å². The van der Waals surface area contributed by atoms with E-state index in [2.05, 4.69) is 15.9 Å². The Morgan fingerprint density at radius 2 is 1.58 bits per heavy atom. The van der Waals surface area contributed by atoms with E-state index >= 15 is 0 Å². The number of rotatable bonds is 4. The van der Waals surface area contributed by atoms with Crippen molar-refractivity contribution >= 4 is 15.9 Å². The van der Waals surface area contributed by atoms with Gasteiger partial charge in [0.2, 0.25) is 5.69 Å². The van der Waals surface area contributed by atoms with Crippen LogP contribution in [0.3, 0.4) is 0 Å². The Hall–Kier alpha value is -2.17. The molecule has 0 unspecified atom stereocenters. The second kappa shape index (κ2) is 6.75. The van der Waals surface area contributed by atoms with Crippen molar-refractivity contribution in [3.8, 4) is 0 Å². The molecular formula is C20H18BrNO2. The third-order valence-electron chi connectivity index (χ3n) is 4.27. The van der Waals surface area contributed by atoms with E-state index in [0.29, 0.717) is 5.69 Å². The van der Waals surface area contributed by atoms with Crippen molar-refractivity contribution in [1.29, 1.82) is 0 Å². The van der Waals surface area contributed by atoms with Gasteiger partial charge in [0.1, 0.15) is 11.5 Å². The smallest absolute Gasteiger partial charge is 0.203 e. The molecule has 1 heterocycles. The van der Waals surface area contributed by atoms with E-state index in [9.17, 15) is 10.3 Å². The minimum atomic E-state index is -1.24. The highest BCUT2D eigenvalue weighted by atomic mass is 79.9. The summed E-state index contributed by atoms with van der Waals surface area (Å²) in [6.45, 7) is 1.75. The average molecular weight is 384 g/mol. The normalized spacial score (nSPS) is 14.8. The number of aliphatic hydroxyl groups is 1. The van der Waals surface area contributed by atoms with Crippen LogP contribution in [-0.4, -0.2) is 5.11 Å². The molecule has 3 aromatic rings. The van der Waals surface area contributed by atoms with Crippen LogP contribution in [0.1, 0.15) is 29.7 Å². The maximum absolute atomic E-state index is 12.4. The molecule has 1 N–H and O–H groups in total. The first-order valence-corrected chi connectivity index (χ1v) is 8.51. The van der Waals surface area contributed by atoms with Crippen LogP contribution in [0.4, 0.5) is 0 Å². The third-order valence-corrected chi connectivity index (χ3v) is 4.80. The number of benzene rings is 2. The Morgan fingerprint density at radius 3 is 2.21 bits per heavy atom. The Balaban J connectivity index is 2.18. The maximum Gasteiger partial charge on any atom is 0.203 e. The Labute approximate surface area is 149 Å². The van der Waals surface area contributed by atoms with Gasteiger partial charge < -0.3 is 10.3 Å². The van der Waals surface area contributed by atoms with Crippen molar-refractivity contribution in [2.75, 3.05) is 0 Å². The first-order chi connectivity index (χ1) is 11.5. The number of hydrogen-bond donors (Lipinski definition) is 1. The zero-order valence-electron chi connectivity index (χ0n) is 13.3. The molecule has 0 spiro atoms. The van der Waals surface area contributed by atoms with Crippen LogP contribution in [0.25, 0.3) is 0 Å². The summed E-state index contributed by atoms with van der Waals surface area (Å²) < 4.78 is 1.77. The van der Waals surface area contributed by atoms with Crippen molar-refractivity contribution in [3.63, 3.8) is 0 Å². The number of nitrogens with zero attached hydrogens (tertiary/aromatic N) is 1. The van der Waals surface area contributed by atoms with Crippen molar-refractivity contribution in [2.24, 2.45) is 0 Å². The van der Waals surface area contributed by atoms with Crippen LogP contribution in [0.5, 0.6) is 0 Å². The maximum atomic E-state index is 12.4. The molecule has 1 aromatic heterocycles. The Kier molecular flexibility index (Phi) is 4.69. The molecule has 0 aliphatic heterocycles. The summed E-state index contributed by atoms with van der Waals surface area (Å²) >= 11 is 3.41. The number of halogens is 1. The molecule has 122 valence electrons. The molecule has 0 saturated carbocycles. The van der Waals surface area contributed by atoms with E-state index < -0.39 is 11.5 Å². The number of pyridine rings is 1. The summed E-state index contributed by atoms with van der Waals surface area (Å²) in [6.07, 6.45) is 1.46. The van der Waals surface area contributed by atoms with E-state index in [1.165, 1.54) is 6.20 Å². The number of aromatic nitrogens is 1. The summed E-state index contributed by atoms with van der Waals surface area (Å²) in [5.41, 5.74) is 0.913. The summed E-state index contributed by atoms with van der Waals surface area (Å²) in [5.74, 6) is -0.487. The van der Waals surface area contributed by atoms with Crippen LogP contribution in [-0.2, 0) is 5.60 Å². The van der Waals surface area contributed by atoms with Gasteiger partial charge in [-0.1, -0.05) is 58.4 Å². The lowest BCUT2D eigenvalue weighted by Gasteiger charge is -2.32. The zero-order valence-corrected chi connectivity index (χ0v) is 14.8. The van der Waals surface area contributed by atoms with Gasteiger partial charge in [-0.25, -0.2) is 0 Å². The van der Waals surface area contributed by atoms with E-state index in [4.69, 9.17) is 0 Å². The first-order valence-electron chi connectivity index (χ1n) is 7.71. The third kappa shape index (κ3) is 3.21. The number of hydrogen-bond acceptors (Lipinski definition) is 2. The summed E-state index contributed by atoms with van der Waals surface area (Å²) in [5, 5.41) is 23.8. The van der Waals surface area contributed by atoms with Gasteiger partial charge in [-0.05, 0) is 36.2 Å². The fourth-order valence-electron chi connectivity index (χ4n) is 3.05. The standard InChI is InChI=1S/C20H18BrNO2/c1-20(23,16-10-12-17(21)13-11-16)19(15-7-3-2-4-8-15)18-9-5-6-14-22(18)24/h2-14,19,23H,1H3/t19-,20+/m1/s1. The van der Waals surface area contributed by atoms with E-state index in [1.54, 1.807) is 19.1 Å². The molecule has 0 amide bonds. The predicted octanol–water partition coefficient (Wildman–Crippen LogP) is 4.12. The molecule has 2 aromatic carbocycles. The molecule has 0 saturated heterocycles. The molecule has 0 bridgehead atoms. The van der Waals surface area contributed by atoms with Crippen LogP contribution in [0, 0.1) is 5.21 Å². The molecule has 3 rings (SSSR count). The molecular weight excluding hydrogens is 366 g/mol. The lowest BCUT2D eigenvalue weighted by molar-refractivity contribution is -0.616. The Bertz CT molecular complexity index is 817. The zero-order chi connectivity index (χ0) is 17.2. The van der Waals surface area contributed by atoms with Gasteiger partial charge in [0.15, 0.2) is 6.20 Å².